The van der Waals surface area contributed by atoms with Crippen molar-refractivity contribution in [2.45, 2.75) is 0 Å². The van der Waals surface area contributed by atoms with Gasteiger partial charge in [0.1, 0.15) is 5.82 Å². The number of primary amides is 1. The van der Waals surface area contributed by atoms with Crippen LogP contribution in [-0.4, -0.2) is 10.9 Å². The standard InChI is InChI=1S/C12H12N4O/c13-9-3-6-11(15-7-9)16-10-4-1-8(2-5-10)12(14)17/h1-7H,13H2,(H2,14,17)(H,15,16). The van der Waals surface area contributed by atoms with Crippen molar-refractivity contribution in [3.8, 4) is 0 Å². The molecule has 0 saturated heterocycles. The molecule has 1 aromatic carbocycles. The quantitative estimate of drug-likeness (QED) is 0.742. The van der Waals surface area contributed by atoms with E-state index in [1.165, 1.54) is 0 Å². The molecule has 17 heavy (non-hydrogen) atoms. The molecule has 5 nitrogen and oxygen atoms in total. The van der Waals surface area contributed by atoms with Gasteiger partial charge < -0.3 is 16.8 Å². The molecule has 5 N–H and O–H groups in total. The number of nitrogens with one attached hydrogen (secondary N) is 1. The highest BCUT2D eigenvalue weighted by molar-refractivity contribution is 5.93. The SMILES string of the molecule is NC(=O)c1ccc(Nc2ccc(N)cn2)cc1. The minimum atomic E-state index is -0.442. The summed E-state index contributed by atoms with van der Waals surface area (Å²) < 4.78 is 0. The Balaban J connectivity index is 2.13. The lowest BCUT2D eigenvalue weighted by Crippen LogP contribution is -2.10. The van der Waals surface area contributed by atoms with Gasteiger partial charge in [-0.25, -0.2) is 4.98 Å². The lowest BCUT2D eigenvalue weighted by molar-refractivity contribution is 0.100. The molecule has 2 aromatic rings. The topological polar surface area (TPSA) is 94.0 Å². The molecule has 1 aromatic heterocycles. The second-order valence-corrected chi connectivity index (χ2v) is 3.54. The summed E-state index contributed by atoms with van der Waals surface area (Å²) in [6, 6.07) is 10.4. The summed E-state index contributed by atoms with van der Waals surface area (Å²) in [7, 11) is 0. The summed E-state index contributed by atoms with van der Waals surface area (Å²) in [6.07, 6.45) is 1.57. The van der Waals surface area contributed by atoms with Crippen molar-refractivity contribution in [3.63, 3.8) is 0 Å². The van der Waals surface area contributed by atoms with Crippen LogP contribution in [-0.2, 0) is 0 Å². The molecular weight excluding hydrogens is 216 g/mol. The first kappa shape index (κ1) is 10.9. The molecule has 86 valence electrons. The number of carbonyl (C=O) groups excluding carboxylic acids is 1. The lowest BCUT2D eigenvalue weighted by Gasteiger charge is -2.05. The van der Waals surface area contributed by atoms with Crippen LogP contribution in [0.1, 0.15) is 10.4 Å². The number of pyridine rings is 1. The van der Waals surface area contributed by atoms with Gasteiger partial charge in [0.25, 0.3) is 0 Å². The van der Waals surface area contributed by atoms with Crippen LogP contribution in [0.25, 0.3) is 0 Å². The number of amides is 1. The monoisotopic (exact) mass is 228 g/mol. The predicted molar refractivity (Wildman–Crippen MR) is 66.9 cm³/mol. The van der Waals surface area contributed by atoms with Crippen LogP contribution in [0.5, 0.6) is 0 Å². The number of rotatable bonds is 3. The van der Waals surface area contributed by atoms with Crippen molar-refractivity contribution in [3.05, 3.63) is 48.2 Å². The third kappa shape index (κ3) is 2.72. The molecule has 0 fully saturated rings. The van der Waals surface area contributed by atoms with Crippen molar-refractivity contribution in [1.82, 2.24) is 4.98 Å². The minimum absolute atomic E-state index is 0.442. The van der Waals surface area contributed by atoms with Gasteiger partial charge in [-0.3, -0.25) is 4.79 Å². The molecule has 0 bridgehead atoms. The fourth-order valence-electron chi connectivity index (χ4n) is 1.34. The molecule has 0 aliphatic carbocycles. The van der Waals surface area contributed by atoms with Gasteiger partial charge in [0, 0.05) is 11.3 Å². The number of aromatic nitrogens is 1. The maximum atomic E-state index is 10.9. The highest BCUT2D eigenvalue weighted by atomic mass is 16.1. The molecule has 1 heterocycles. The van der Waals surface area contributed by atoms with E-state index in [2.05, 4.69) is 10.3 Å². The van der Waals surface area contributed by atoms with E-state index in [1.54, 1.807) is 42.6 Å². The molecular formula is C12H12N4O. The zero-order valence-corrected chi connectivity index (χ0v) is 9.05. The molecule has 1 amide bonds. The number of nitrogens with zero attached hydrogens (tertiary/aromatic N) is 1. The van der Waals surface area contributed by atoms with E-state index in [1.807, 2.05) is 0 Å². The average Bonchev–Trinajstić information content (AvgIpc) is 2.33. The van der Waals surface area contributed by atoms with Crippen molar-refractivity contribution in [2.24, 2.45) is 5.73 Å². The molecule has 2 rings (SSSR count). The van der Waals surface area contributed by atoms with Crippen LogP contribution in [0, 0.1) is 0 Å². The van der Waals surface area contributed by atoms with Crippen LogP contribution >= 0.6 is 0 Å². The summed E-state index contributed by atoms with van der Waals surface area (Å²) >= 11 is 0. The van der Waals surface area contributed by atoms with Crippen LogP contribution in [0.2, 0.25) is 0 Å². The Kier molecular flexibility index (Phi) is 2.91. The number of carbonyl (C=O) groups is 1. The highest BCUT2D eigenvalue weighted by Gasteiger charge is 2.00. The van der Waals surface area contributed by atoms with Gasteiger partial charge in [-0.05, 0) is 36.4 Å². The van der Waals surface area contributed by atoms with Crippen molar-refractivity contribution >= 4 is 23.1 Å². The smallest absolute Gasteiger partial charge is 0.248 e. The van der Waals surface area contributed by atoms with Crippen LogP contribution in [0.3, 0.4) is 0 Å². The van der Waals surface area contributed by atoms with E-state index in [9.17, 15) is 4.79 Å². The van der Waals surface area contributed by atoms with Gasteiger partial charge >= 0.3 is 0 Å². The number of nitrogen functional groups attached to an aromatic ring is 1. The van der Waals surface area contributed by atoms with E-state index in [4.69, 9.17) is 11.5 Å². The Morgan fingerprint density at radius 2 is 1.82 bits per heavy atom. The molecule has 0 unspecified atom stereocenters. The van der Waals surface area contributed by atoms with E-state index in [0.717, 1.165) is 5.69 Å². The van der Waals surface area contributed by atoms with Gasteiger partial charge in [-0.2, -0.15) is 0 Å². The normalized spacial score (nSPS) is 9.88. The van der Waals surface area contributed by atoms with Crippen molar-refractivity contribution < 1.29 is 4.79 Å². The zero-order valence-electron chi connectivity index (χ0n) is 9.05. The minimum Gasteiger partial charge on any atom is -0.397 e. The molecule has 5 heteroatoms. The largest absolute Gasteiger partial charge is 0.397 e. The Hall–Kier alpha value is -2.56. The average molecular weight is 228 g/mol. The number of nitrogens with two attached hydrogens (primary N) is 2. The molecule has 0 spiro atoms. The van der Waals surface area contributed by atoms with Gasteiger partial charge in [-0.15, -0.1) is 0 Å². The Bertz CT molecular complexity index is 519. The van der Waals surface area contributed by atoms with Crippen LogP contribution in [0.15, 0.2) is 42.6 Å². The fraction of sp³-hybridized carbons (Fsp3) is 0. The summed E-state index contributed by atoms with van der Waals surface area (Å²) in [6.45, 7) is 0. The third-order valence-corrected chi connectivity index (χ3v) is 2.23. The Labute approximate surface area is 98.5 Å². The molecule has 0 aliphatic rings. The first-order chi connectivity index (χ1) is 8.15. The van der Waals surface area contributed by atoms with Crippen LogP contribution < -0.4 is 16.8 Å². The number of hydrogen-bond donors (Lipinski definition) is 3. The van der Waals surface area contributed by atoms with Gasteiger partial charge in [0.15, 0.2) is 0 Å². The van der Waals surface area contributed by atoms with Crippen LogP contribution in [0.4, 0.5) is 17.2 Å². The van der Waals surface area contributed by atoms with Crippen molar-refractivity contribution in [2.75, 3.05) is 11.1 Å². The molecule has 0 saturated carbocycles. The summed E-state index contributed by atoms with van der Waals surface area (Å²) in [4.78, 5) is 15.0. The number of benzene rings is 1. The predicted octanol–water partition coefficient (Wildman–Crippen LogP) is 1.51. The highest BCUT2D eigenvalue weighted by Crippen LogP contribution is 2.15. The first-order valence-electron chi connectivity index (χ1n) is 5.03. The van der Waals surface area contributed by atoms with Gasteiger partial charge in [0.05, 0.1) is 11.9 Å². The summed E-state index contributed by atoms with van der Waals surface area (Å²) in [5.74, 6) is 0.244. The second-order valence-electron chi connectivity index (χ2n) is 3.54. The third-order valence-electron chi connectivity index (χ3n) is 2.23. The first-order valence-corrected chi connectivity index (χ1v) is 5.03. The van der Waals surface area contributed by atoms with E-state index >= 15 is 0 Å². The molecule has 0 atom stereocenters. The van der Waals surface area contributed by atoms with Crippen molar-refractivity contribution in [1.29, 1.82) is 0 Å². The second kappa shape index (κ2) is 4.52. The lowest BCUT2D eigenvalue weighted by atomic mass is 10.2. The maximum Gasteiger partial charge on any atom is 0.248 e. The van der Waals surface area contributed by atoms with Gasteiger partial charge in [-0.1, -0.05) is 0 Å². The Morgan fingerprint density at radius 1 is 1.12 bits per heavy atom. The zero-order chi connectivity index (χ0) is 12.3. The van der Waals surface area contributed by atoms with E-state index in [-0.39, 0.29) is 0 Å². The fourth-order valence-corrected chi connectivity index (χ4v) is 1.34. The van der Waals surface area contributed by atoms with E-state index < -0.39 is 5.91 Å². The Morgan fingerprint density at radius 3 is 2.35 bits per heavy atom. The van der Waals surface area contributed by atoms with Gasteiger partial charge in [0.2, 0.25) is 5.91 Å². The summed E-state index contributed by atoms with van der Waals surface area (Å²) in [5, 5.41) is 3.08. The number of hydrogen-bond acceptors (Lipinski definition) is 4. The molecule has 0 aliphatic heterocycles. The van der Waals surface area contributed by atoms with E-state index in [0.29, 0.717) is 17.1 Å². The maximum absolute atomic E-state index is 10.9. The number of anilines is 3. The summed E-state index contributed by atoms with van der Waals surface area (Å²) in [5.41, 5.74) is 12.6. The molecule has 0 radical (unpaired) electrons.